The molecule has 0 aliphatic carbocycles. The third-order valence-corrected chi connectivity index (χ3v) is 4.65. The Morgan fingerprint density at radius 1 is 1.37 bits per heavy atom. The highest BCUT2D eigenvalue weighted by Crippen LogP contribution is 2.29. The highest BCUT2D eigenvalue weighted by molar-refractivity contribution is 7.99. The maximum atomic E-state index is 12.7. The topological polar surface area (TPSA) is 39.8 Å². The van der Waals surface area contributed by atoms with Crippen LogP contribution in [0.25, 0.3) is 21.9 Å². The van der Waals surface area contributed by atoms with Gasteiger partial charge >= 0.3 is 0 Å². The molecule has 2 aromatic heterocycles. The minimum Gasteiger partial charge on any atom is -0.335 e. The summed E-state index contributed by atoms with van der Waals surface area (Å²) in [5, 5.41) is 1.93. The lowest BCUT2D eigenvalue weighted by Gasteiger charge is -2.04. The molecule has 4 nitrogen and oxygen atoms in total. The van der Waals surface area contributed by atoms with Crippen molar-refractivity contribution in [3.63, 3.8) is 0 Å². The Balaban J connectivity index is 2.30. The van der Waals surface area contributed by atoms with E-state index in [4.69, 9.17) is 4.98 Å². The molecule has 19 heavy (non-hydrogen) atoms. The fourth-order valence-electron chi connectivity index (χ4n) is 2.85. The monoisotopic (exact) mass is 271 g/mol. The lowest BCUT2D eigenvalue weighted by atomic mass is 10.2. The van der Waals surface area contributed by atoms with Gasteiger partial charge in [0, 0.05) is 24.2 Å². The van der Waals surface area contributed by atoms with Crippen molar-refractivity contribution >= 4 is 33.7 Å². The molecule has 0 amide bonds. The normalized spacial score (nSPS) is 14.4. The van der Waals surface area contributed by atoms with E-state index in [-0.39, 0.29) is 5.56 Å². The Morgan fingerprint density at radius 3 is 3.05 bits per heavy atom. The van der Waals surface area contributed by atoms with Crippen LogP contribution in [-0.4, -0.2) is 19.9 Å². The molecule has 1 aliphatic heterocycles. The van der Waals surface area contributed by atoms with Crippen LogP contribution in [-0.2, 0) is 13.1 Å². The zero-order chi connectivity index (χ0) is 13.0. The van der Waals surface area contributed by atoms with Crippen molar-refractivity contribution in [2.24, 2.45) is 0 Å². The standard InChI is InChI=1S/C14H13N3OS/c1-2-16-10-6-4-3-5-9(10)11-12(16)13(18)17-7-8-19-14(17)15-11/h3-6H,2,7-8H2,1H3. The molecule has 0 bridgehead atoms. The van der Waals surface area contributed by atoms with Crippen LogP contribution in [0.4, 0.5) is 0 Å². The largest absolute Gasteiger partial charge is 0.335 e. The van der Waals surface area contributed by atoms with Gasteiger partial charge in [0.1, 0.15) is 11.0 Å². The van der Waals surface area contributed by atoms with Crippen molar-refractivity contribution in [3.8, 4) is 0 Å². The summed E-state index contributed by atoms with van der Waals surface area (Å²) in [4.78, 5) is 17.4. The van der Waals surface area contributed by atoms with Gasteiger partial charge < -0.3 is 4.57 Å². The predicted octanol–water partition coefficient (Wildman–Crippen LogP) is 2.48. The zero-order valence-corrected chi connectivity index (χ0v) is 11.4. The van der Waals surface area contributed by atoms with Gasteiger partial charge in [-0.15, -0.1) is 0 Å². The number of thioether (sulfide) groups is 1. The Hall–Kier alpha value is -1.75. The molecule has 4 rings (SSSR count). The minimum atomic E-state index is 0.100. The molecule has 0 unspecified atom stereocenters. The lowest BCUT2D eigenvalue weighted by Crippen LogP contribution is -2.22. The number of hydrogen-bond acceptors (Lipinski definition) is 3. The first-order chi connectivity index (χ1) is 9.31. The van der Waals surface area contributed by atoms with E-state index in [0.717, 1.165) is 45.9 Å². The molecule has 0 saturated heterocycles. The van der Waals surface area contributed by atoms with Gasteiger partial charge in [0.05, 0.1) is 5.52 Å². The van der Waals surface area contributed by atoms with Crippen LogP contribution in [0.15, 0.2) is 34.2 Å². The molecular formula is C14H13N3OS. The number of fused-ring (bicyclic) bond motifs is 4. The second-order valence-corrected chi connectivity index (χ2v) is 5.72. The number of aromatic nitrogens is 3. The van der Waals surface area contributed by atoms with Crippen LogP contribution >= 0.6 is 11.8 Å². The maximum Gasteiger partial charge on any atom is 0.278 e. The van der Waals surface area contributed by atoms with E-state index in [1.165, 1.54) is 0 Å². The Morgan fingerprint density at radius 2 is 2.21 bits per heavy atom. The average molecular weight is 271 g/mol. The first-order valence-corrected chi connectivity index (χ1v) is 7.44. The first-order valence-electron chi connectivity index (χ1n) is 6.46. The number of aryl methyl sites for hydroxylation is 1. The number of rotatable bonds is 1. The van der Waals surface area contributed by atoms with Gasteiger partial charge in [-0.3, -0.25) is 9.36 Å². The fourth-order valence-corrected chi connectivity index (χ4v) is 3.79. The molecule has 0 N–H and O–H groups in total. The van der Waals surface area contributed by atoms with Crippen LogP contribution in [0.5, 0.6) is 0 Å². The van der Waals surface area contributed by atoms with Crippen molar-refractivity contribution in [1.29, 1.82) is 0 Å². The Kier molecular flexibility index (Phi) is 2.26. The van der Waals surface area contributed by atoms with E-state index in [9.17, 15) is 4.79 Å². The maximum absolute atomic E-state index is 12.7. The number of benzene rings is 1. The second kappa shape index (κ2) is 3.87. The van der Waals surface area contributed by atoms with Gasteiger partial charge in [0.25, 0.3) is 5.56 Å². The molecule has 0 fully saturated rings. The molecule has 0 radical (unpaired) electrons. The Labute approximate surface area is 114 Å². The highest BCUT2D eigenvalue weighted by atomic mass is 32.2. The minimum absolute atomic E-state index is 0.100. The van der Waals surface area contributed by atoms with E-state index >= 15 is 0 Å². The number of para-hydroxylation sites is 1. The van der Waals surface area contributed by atoms with Gasteiger partial charge in [-0.25, -0.2) is 4.98 Å². The van der Waals surface area contributed by atoms with Gasteiger partial charge in [-0.1, -0.05) is 30.0 Å². The summed E-state index contributed by atoms with van der Waals surface area (Å²) in [5.41, 5.74) is 2.79. The molecule has 1 aromatic carbocycles. The van der Waals surface area contributed by atoms with Crippen LogP contribution in [0.1, 0.15) is 6.92 Å². The third kappa shape index (κ3) is 1.36. The fraction of sp³-hybridized carbons (Fsp3) is 0.286. The van der Waals surface area contributed by atoms with Crippen molar-refractivity contribution in [2.45, 2.75) is 25.2 Å². The molecule has 0 atom stereocenters. The van der Waals surface area contributed by atoms with Gasteiger partial charge in [0.2, 0.25) is 0 Å². The molecule has 0 spiro atoms. The lowest BCUT2D eigenvalue weighted by molar-refractivity contribution is 0.662. The van der Waals surface area contributed by atoms with Crippen molar-refractivity contribution in [2.75, 3.05) is 5.75 Å². The summed E-state index contributed by atoms with van der Waals surface area (Å²) in [6.45, 7) is 3.62. The molecular weight excluding hydrogens is 258 g/mol. The summed E-state index contributed by atoms with van der Waals surface area (Å²) in [6, 6.07) is 8.12. The van der Waals surface area contributed by atoms with Crippen LogP contribution < -0.4 is 5.56 Å². The quantitative estimate of drug-likeness (QED) is 0.638. The highest BCUT2D eigenvalue weighted by Gasteiger charge is 2.21. The molecule has 0 saturated carbocycles. The summed E-state index contributed by atoms with van der Waals surface area (Å²) in [6.07, 6.45) is 0. The van der Waals surface area contributed by atoms with E-state index in [2.05, 4.69) is 17.6 Å². The average Bonchev–Trinajstić information content (AvgIpc) is 3.02. The van der Waals surface area contributed by atoms with Crippen molar-refractivity contribution < 1.29 is 0 Å². The van der Waals surface area contributed by atoms with E-state index in [1.807, 2.05) is 18.2 Å². The van der Waals surface area contributed by atoms with Crippen LogP contribution in [0, 0.1) is 0 Å². The van der Waals surface area contributed by atoms with E-state index in [0.29, 0.717) is 0 Å². The van der Waals surface area contributed by atoms with Gasteiger partial charge in [-0.2, -0.15) is 0 Å². The second-order valence-electron chi connectivity index (χ2n) is 4.66. The summed E-state index contributed by atoms with van der Waals surface area (Å²) < 4.78 is 3.88. The Bertz CT molecular complexity index is 862. The number of nitrogens with zero attached hydrogens (tertiary/aromatic N) is 3. The molecule has 3 aromatic rings. The van der Waals surface area contributed by atoms with Crippen molar-refractivity contribution in [1.82, 2.24) is 14.1 Å². The van der Waals surface area contributed by atoms with E-state index < -0.39 is 0 Å². The van der Waals surface area contributed by atoms with Gasteiger partial charge in [-0.05, 0) is 13.0 Å². The molecule has 96 valence electrons. The summed E-state index contributed by atoms with van der Waals surface area (Å²) >= 11 is 1.66. The predicted molar refractivity (Wildman–Crippen MR) is 77.9 cm³/mol. The molecule has 5 heteroatoms. The van der Waals surface area contributed by atoms with Gasteiger partial charge in [0.15, 0.2) is 5.16 Å². The van der Waals surface area contributed by atoms with Crippen LogP contribution in [0.3, 0.4) is 0 Å². The van der Waals surface area contributed by atoms with E-state index in [1.54, 1.807) is 16.3 Å². The molecule has 1 aliphatic rings. The molecule has 3 heterocycles. The smallest absolute Gasteiger partial charge is 0.278 e. The third-order valence-electron chi connectivity index (χ3n) is 3.69. The zero-order valence-electron chi connectivity index (χ0n) is 10.6. The summed E-state index contributed by atoms with van der Waals surface area (Å²) in [7, 11) is 0. The number of hydrogen-bond donors (Lipinski definition) is 0. The SMILES string of the molecule is CCn1c2ccccc2c2nc3n(c(=O)c21)CCS3. The summed E-state index contributed by atoms with van der Waals surface area (Å²) in [5.74, 6) is 0.943. The van der Waals surface area contributed by atoms with Crippen molar-refractivity contribution in [3.05, 3.63) is 34.6 Å². The van der Waals surface area contributed by atoms with Crippen LogP contribution in [0.2, 0.25) is 0 Å². The first kappa shape index (κ1) is 11.1.